The Morgan fingerprint density at radius 1 is 0.313 bits per heavy atom. The molecule has 0 fully saturated rings. The molecule has 0 aliphatic rings. The number of carbonyl (C=O) groups excluding carboxylic acids is 3. The molecule has 0 aliphatic carbocycles. The summed E-state index contributed by atoms with van der Waals surface area (Å²) in [4.78, 5) is 38.1. The average Bonchev–Trinajstić information content (AvgIpc) is 3.33. The Morgan fingerprint density at radius 2 is 0.582 bits per heavy atom. The van der Waals surface area contributed by atoms with E-state index in [9.17, 15) is 14.4 Å². The molecule has 1 unspecified atom stereocenters. The second-order valence-electron chi connectivity index (χ2n) is 18.6. The van der Waals surface area contributed by atoms with Crippen LogP contribution in [0.25, 0.3) is 0 Å². The predicted octanol–water partition coefficient (Wildman–Crippen LogP) is 18.8. The maximum absolute atomic E-state index is 12.8. The van der Waals surface area contributed by atoms with E-state index in [1.54, 1.807) is 0 Å². The van der Waals surface area contributed by atoms with Crippen LogP contribution in [0.2, 0.25) is 0 Å². The summed E-state index contributed by atoms with van der Waals surface area (Å²) < 4.78 is 16.8. The van der Waals surface area contributed by atoms with Crippen LogP contribution in [0.5, 0.6) is 0 Å². The Labute approximate surface area is 414 Å². The third kappa shape index (κ3) is 53.4. The van der Waals surface area contributed by atoms with Crippen LogP contribution in [0.15, 0.2) is 85.1 Å². The van der Waals surface area contributed by atoms with Gasteiger partial charge in [-0.1, -0.05) is 266 Å². The van der Waals surface area contributed by atoms with Gasteiger partial charge >= 0.3 is 17.9 Å². The molecule has 0 amide bonds. The van der Waals surface area contributed by atoms with Crippen LogP contribution in [0.4, 0.5) is 0 Å². The molecule has 67 heavy (non-hydrogen) atoms. The average molecular weight is 933 g/mol. The van der Waals surface area contributed by atoms with Crippen molar-refractivity contribution in [1.82, 2.24) is 0 Å². The lowest BCUT2D eigenvalue weighted by atomic mass is 10.0. The fourth-order valence-corrected chi connectivity index (χ4v) is 7.81. The monoisotopic (exact) mass is 933 g/mol. The van der Waals surface area contributed by atoms with Gasteiger partial charge < -0.3 is 14.2 Å². The first kappa shape index (κ1) is 63.6. The molecule has 0 radical (unpaired) electrons. The summed E-state index contributed by atoms with van der Waals surface area (Å²) in [5, 5.41) is 0. The molecule has 0 rings (SSSR count). The highest BCUT2D eigenvalue weighted by Crippen LogP contribution is 2.16. The molecule has 0 aromatic heterocycles. The van der Waals surface area contributed by atoms with Crippen LogP contribution in [0, 0.1) is 0 Å². The van der Waals surface area contributed by atoms with E-state index < -0.39 is 6.10 Å². The van der Waals surface area contributed by atoms with Gasteiger partial charge in [-0.25, -0.2) is 0 Å². The molecule has 0 aromatic carbocycles. The van der Waals surface area contributed by atoms with Crippen molar-refractivity contribution >= 4 is 17.9 Å². The highest BCUT2D eigenvalue weighted by Gasteiger charge is 2.19. The number of allylic oxidation sites excluding steroid dienone is 14. The highest BCUT2D eigenvalue weighted by molar-refractivity contribution is 5.71. The number of carbonyl (C=O) groups is 3. The predicted molar refractivity (Wildman–Crippen MR) is 288 cm³/mol. The summed E-state index contributed by atoms with van der Waals surface area (Å²) in [6.07, 6.45) is 71.4. The van der Waals surface area contributed by atoms with E-state index in [0.29, 0.717) is 19.3 Å². The zero-order chi connectivity index (χ0) is 48.6. The van der Waals surface area contributed by atoms with E-state index in [-0.39, 0.29) is 31.1 Å². The van der Waals surface area contributed by atoms with Gasteiger partial charge in [0.2, 0.25) is 0 Å². The molecule has 0 aromatic rings. The van der Waals surface area contributed by atoms with Gasteiger partial charge in [0.25, 0.3) is 0 Å². The van der Waals surface area contributed by atoms with Gasteiger partial charge in [-0.3, -0.25) is 14.4 Å². The normalized spacial score (nSPS) is 12.7. The summed E-state index contributed by atoms with van der Waals surface area (Å²) in [6.45, 7) is 6.45. The smallest absolute Gasteiger partial charge is 0.306 e. The quantitative estimate of drug-likeness (QED) is 0.0262. The van der Waals surface area contributed by atoms with Crippen LogP contribution in [0.3, 0.4) is 0 Å². The molecule has 384 valence electrons. The SMILES string of the molecule is CC\C=C/C=C\C=C/C=C\CCCCCC(=O)OCC(COC(=O)CCCCCCC\C=C/C=C\C=C/CCCCCCC)OC(=O)CCCCCCCCCCCCCCCCCCCC. The van der Waals surface area contributed by atoms with Gasteiger partial charge in [-0.15, -0.1) is 0 Å². The van der Waals surface area contributed by atoms with Crippen molar-refractivity contribution < 1.29 is 28.6 Å². The highest BCUT2D eigenvalue weighted by atomic mass is 16.6. The Kier molecular flexibility index (Phi) is 52.4. The van der Waals surface area contributed by atoms with Crippen LogP contribution < -0.4 is 0 Å². The first-order valence-electron chi connectivity index (χ1n) is 28.2. The lowest BCUT2D eigenvalue weighted by molar-refractivity contribution is -0.167. The molecular weight excluding hydrogens is 829 g/mol. The van der Waals surface area contributed by atoms with Crippen LogP contribution in [-0.2, 0) is 28.6 Å². The van der Waals surface area contributed by atoms with Gasteiger partial charge in [0.1, 0.15) is 13.2 Å². The molecular formula is C61H104O6. The van der Waals surface area contributed by atoms with Crippen molar-refractivity contribution in [2.24, 2.45) is 0 Å². The standard InChI is InChI=1S/C61H104O6/c1-4-7-10-13-16-19-22-25-27-29-31-33-36-39-42-45-48-51-54-60(63)66-57-58(56-65-59(62)53-50-47-44-41-38-35-24-21-18-15-12-9-6-3)67-61(64)55-52-49-46-43-40-37-34-32-30-28-26-23-20-17-14-11-8-5-2/h9,12,15,18,21-22,24-25,27,29,31,33,35,38,58H,4-8,10-11,13-14,16-17,19-20,23,26,28,30,32,34,36-37,39-57H2,1-3H3/b12-9-,18-15-,24-21-,25-22-,29-27-,33-31-,38-35-. The van der Waals surface area contributed by atoms with Crippen LogP contribution in [0.1, 0.15) is 265 Å². The molecule has 0 bridgehead atoms. The van der Waals surface area contributed by atoms with E-state index >= 15 is 0 Å². The number of unbranched alkanes of at least 4 members (excludes halogenated alkanes) is 30. The summed E-state index contributed by atoms with van der Waals surface area (Å²) >= 11 is 0. The number of rotatable bonds is 50. The molecule has 0 heterocycles. The summed E-state index contributed by atoms with van der Waals surface area (Å²) in [7, 11) is 0. The van der Waals surface area contributed by atoms with Crippen molar-refractivity contribution in [3.8, 4) is 0 Å². The zero-order valence-corrected chi connectivity index (χ0v) is 43.9. The van der Waals surface area contributed by atoms with E-state index in [4.69, 9.17) is 14.2 Å². The van der Waals surface area contributed by atoms with Crippen LogP contribution >= 0.6 is 0 Å². The van der Waals surface area contributed by atoms with Crippen molar-refractivity contribution in [3.05, 3.63) is 85.1 Å². The largest absolute Gasteiger partial charge is 0.462 e. The Morgan fingerprint density at radius 3 is 0.925 bits per heavy atom. The number of ether oxygens (including phenoxy) is 3. The topological polar surface area (TPSA) is 78.9 Å². The lowest BCUT2D eigenvalue weighted by Gasteiger charge is -2.18. The molecule has 0 saturated heterocycles. The first-order valence-corrected chi connectivity index (χ1v) is 28.2. The zero-order valence-electron chi connectivity index (χ0n) is 43.9. The third-order valence-corrected chi connectivity index (χ3v) is 12.0. The van der Waals surface area contributed by atoms with Crippen molar-refractivity contribution in [3.63, 3.8) is 0 Å². The number of esters is 3. The first-order chi connectivity index (χ1) is 33.0. The second-order valence-corrected chi connectivity index (χ2v) is 18.6. The maximum Gasteiger partial charge on any atom is 0.306 e. The fourth-order valence-electron chi connectivity index (χ4n) is 7.81. The van der Waals surface area contributed by atoms with E-state index in [0.717, 1.165) is 96.3 Å². The fraction of sp³-hybridized carbons (Fsp3) is 0.721. The Bertz CT molecular complexity index is 1300. The molecule has 6 heteroatoms. The van der Waals surface area contributed by atoms with Crippen molar-refractivity contribution in [2.45, 2.75) is 271 Å². The minimum absolute atomic E-state index is 0.0986. The molecule has 0 spiro atoms. The molecule has 0 aliphatic heterocycles. The number of hydrogen-bond acceptors (Lipinski definition) is 6. The molecule has 1 atom stereocenters. The summed E-state index contributed by atoms with van der Waals surface area (Å²) in [5.74, 6) is -0.950. The maximum atomic E-state index is 12.8. The second kappa shape index (κ2) is 55.2. The Balaban J connectivity index is 4.44. The summed E-state index contributed by atoms with van der Waals surface area (Å²) in [5.41, 5.74) is 0. The van der Waals surface area contributed by atoms with E-state index in [1.807, 2.05) is 30.4 Å². The van der Waals surface area contributed by atoms with Crippen molar-refractivity contribution in [2.75, 3.05) is 13.2 Å². The molecule has 0 N–H and O–H groups in total. The lowest BCUT2D eigenvalue weighted by Crippen LogP contribution is -2.30. The molecule has 0 saturated carbocycles. The van der Waals surface area contributed by atoms with Gasteiger partial charge in [0, 0.05) is 19.3 Å². The Hall–Kier alpha value is -3.41. The molecule has 6 nitrogen and oxygen atoms in total. The van der Waals surface area contributed by atoms with E-state index in [1.165, 1.54) is 128 Å². The van der Waals surface area contributed by atoms with Crippen LogP contribution in [-0.4, -0.2) is 37.2 Å². The third-order valence-electron chi connectivity index (χ3n) is 12.0. The summed E-state index contributed by atoms with van der Waals surface area (Å²) in [6, 6.07) is 0. The van der Waals surface area contributed by atoms with Gasteiger partial charge in [-0.2, -0.15) is 0 Å². The number of hydrogen-bond donors (Lipinski definition) is 0. The van der Waals surface area contributed by atoms with Crippen molar-refractivity contribution in [1.29, 1.82) is 0 Å². The minimum Gasteiger partial charge on any atom is -0.462 e. The van der Waals surface area contributed by atoms with Gasteiger partial charge in [0.05, 0.1) is 0 Å². The van der Waals surface area contributed by atoms with E-state index in [2.05, 4.69) is 75.5 Å². The minimum atomic E-state index is -0.800. The van der Waals surface area contributed by atoms with Gasteiger partial charge in [-0.05, 0) is 64.2 Å². The van der Waals surface area contributed by atoms with Gasteiger partial charge in [0.15, 0.2) is 6.10 Å².